The highest BCUT2D eigenvalue weighted by Crippen LogP contribution is 2.13. The second kappa shape index (κ2) is 20.6. The lowest BCUT2D eigenvalue weighted by Crippen LogP contribution is -2.06. The molecule has 0 radical (unpaired) electrons. The first-order valence-corrected chi connectivity index (χ1v) is 12.6. The van der Waals surface area contributed by atoms with Crippen LogP contribution >= 0.6 is 22.6 Å². The summed E-state index contributed by atoms with van der Waals surface area (Å²) in [4.78, 5) is 2.38. The lowest BCUT2D eigenvalue weighted by atomic mass is 10.1. The molecule has 0 aromatic heterocycles. The van der Waals surface area contributed by atoms with Gasteiger partial charge in [-0.25, -0.2) is 8.42 Å². The maximum absolute atomic E-state index is 11.9. The van der Waals surface area contributed by atoms with E-state index in [4.69, 9.17) is 5.73 Å². The molecule has 0 saturated heterocycles. The van der Waals surface area contributed by atoms with Crippen molar-refractivity contribution in [2.24, 2.45) is 5.73 Å². The molecule has 1 aromatic carbocycles. The zero-order valence-electron chi connectivity index (χ0n) is 16.5. The monoisotopic (exact) mass is 519 g/mol. The third-order valence-electron chi connectivity index (χ3n) is 3.54. The summed E-state index contributed by atoms with van der Waals surface area (Å²) >= 11 is 2.15. The SMILES string of the molecule is C.C=CC(=C)CCCCS(=O)(=O)c1ccccc1.C=CC(=C)CCCN.CI. The van der Waals surface area contributed by atoms with E-state index >= 15 is 0 Å². The Morgan fingerprint density at radius 2 is 1.43 bits per heavy atom. The van der Waals surface area contributed by atoms with E-state index in [2.05, 4.69) is 48.9 Å². The van der Waals surface area contributed by atoms with Gasteiger partial charge in [0.05, 0.1) is 10.6 Å². The van der Waals surface area contributed by atoms with Gasteiger partial charge in [0.1, 0.15) is 0 Å². The topological polar surface area (TPSA) is 60.2 Å². The average Bonchev–Trinajstić information content (AvgIpc) is 2.71. The summed E-state index contributed by atoms with van der Waals surface area (Å²) in [6, 6.07) is 8.57. The zero-order valence-corrected chi connectivity index (χ0v) is 19.5. The van der Waals surface area contributed by atoms with Crippen LogP contribution in [-0.2, 0) is 9.84 Å². The molecule has 0 aliphatic heterocycles. The molecular weight excluding hydrogens is 481 g/mol. The Morgan fingerprint density at radius 1 is 0.964 bits per heavy atom. The van der Waals surface area contributed by atoms with E-state index in [1.54, 1.807) is 36.4 Å². The van der Waals surface area contributed by atoms with Crippen LogP contribution < -0.4 is 5.73 Å². The van der Waals surface area contributed by atoms with Gasteiger partial charge in [-0.05, 0) is 55.7 Å². The Morgan fingerprint density at radius 3 is 1.86 bits per heavy atom. The second-order valence-electron chi connectivity index (χ2n) is 5.71. The summed E-state index contributed by atoms with van der Waals surface area (Å²) < 4.78 is 23.8. The van der Waals surface area contributed by atoms with Crippen LogP contribution in [0.4, 0.5) is 0 Å². The van der Waals surface area contributed by atoms with E-state index in [9.17, 15) is 8.42 Å². The number of allylic oxidation sites excluding steroid dienone is 4. The molecule has 1 aromatic rings. The van der Waals surface area contributed by atoms with Gasteiger partial charge in [-0.2, -0.15) is 0 Å². The zero-order chi connectivity index (χ0) is 21.1. The van der Waals surface area contributed by atoms with Crippen LogP contribution in [0.1, 0.15) is 39.5 Å². The lowest BCUT2D eigenvalue weighted by molar-refractivity contribution is 0.591. The highest BCUT2D eigenvalue weighted by molar-refractivity contribution is 14.1. The fourth-order valence-electron chi connectivity index (χ4n) is 1.92. The number of hydrogen-bond acceptors (Lipinski definition) is 3. The Balaban J connectivity index is -0.000000483. The smallest absolute Gasteiger partial charge is 0.178 e. The first-order chi connectivity index (χ1) is 12.9. The van der Waals surface area contributed by atoms with Crippen LogP contribution in [-0.4, -0.2) is 25.6 Å². The Kier molecular flexibility index (Phi) is 23.1. The fourth-order valence-corrected chi connectivity index (χ4v) is 3.31. The van der Waals surface area contributed by atoms with Gasteiger partial charge in [0.2, 0.25) is 0 Å². The van der Waals surface area contributed by atoms with Crippen molar-refractivity contribution in [3.05, 3.63) is 79.9 Å². The van der Waals surface area contributed by atoms with Crippen LogP contribution in [0.15, 0.2) is 84.8 Å². The van der Waals surface area contributed by atoms with Crippen molar-refractivity contribution in [3.63, 3.8) is 0 Å². The molecule has 0 fully saturated rings. The van der Waals surface area contributed by atoms with Crippen LogP contribution in [0, 0.1) is 0 Å². The number of nitrogens with two attached hydrogens (primary N) is 1. The highest BCUT2D eigenvalue weighted by Gasteiger charge is 2.12. The van der Waals surface area contributed by atoms with Gasteiger partial charge < -0.3 is 5.73 Å². The molecule has 0 saturated carbocycles. The minimum absolute atomic E-state index is 0. The summed E-state index contributed by atoms with van der Waals surface area (Å²) in [5, 5.41) is 0. The summed E-state index contributed by atoms with van der Waals surface area (Å²) in [5.41, 5.74) is 7.30. The lowest BCUT2D eigenvalue weighted by Gasteiger charge is -2.04. The van der Waals surface area contributed by atoms with E-state index in [0.717, 1.165) is 43.4 Å². The number of hydrogen-bond donors (Lipinski definition) is 1. The fraction of sp³-hybridized carbons (Fsp3) is 0.391. The number of sulfone groups is 1. The normalized spacial score (nSPS) is 9.39. The van der Waals surface area contributed by atoms with E-state index in [1.165, 1.54) is 0 Å². The molecule has 5 heteroatoms. The average molecular weight is 520 g/mol. The molecule has 0 aliphatic carbocycles. The predicted molar refractivity (Wildman–Crippen MR) is 136 cm³/mol. The van der Waals surface area contributed by atoms with Crippen LogP contribution in [0.5, 0.6) is 0 Å². The largest absolute Gasteiger partial charge is 0.330 e. The minimum atomic E-state index is -3.12. The number of halogens is 1. The number of unbranched alkanes of at least 4 members (excludes halogenated alkanes) is 1. The third-order valence-corrected chi connectivity index (χ3v) is 5.36. The maximum Gasteiger partial charge on any atom is 0.178 e. The van der Waals surface area contributed by atoms with Gasteiger partial charge >= 0.3 is 0 Å². The Hall–Kier alpha value is -1.18. The predicted octanol–water partition coefficient (Wildman–Crippen LogP) is 6.53. The number of benzene rings is 1. The number of rotatable bonds is 11. The van der Waals surface area contributed by atoms with Crippen molar-refractivity contribution in [1.29, 1.82) is 0 Å². The van der Waals surface area contributed by atoms with E-state index in [0.29, 0.717) is 11.3 Å². The molecule has 28 heavy (non-hydrogen) atoms. The van der Waals surface area contributed by atoms with Gasteiger partial charge in [0.15, 0.2) is 9.84 Å². The van der Waals surface area contributed by atoms with E-state index in [1.807, 2.05) is 11.0 Å². The van der Waals surface area contributed by atoms with E-state index < -0.39 is 9.84 Å². The van der Waals surface area contributed by atoms with Gasteiger partial charge in [0, 0.05) is 0 Å². The van der Waals surface area contributed by atoms with Crippen LogP contribution in [0.2, 0.25) is 0 Å². The molecule has 0 bridgehead atoms. The molecule has 2 N–H and O–H groups in total. The first-order valence-electron chi connectivity index (χ1n) is 8.83. The molecule has 0 atom stereocenters. The standard InChI is InChI=1S/C14H18O2S.C7H13N.CH3I.CH4/c1-3-13(2)9-7-8-12-17(15,16)14-10-5-4-6-11-14;1-3-7(2)5-4-6-8;1-2;/h3-6,10-11H,1-2,7-9,12H2;3H,1-2,4-6,8H2;1H3;1H4. The van der Waals surface area contributed by atoms with Gasteiger partial charge in [-0.1, -0.05) is 97.8 Å². The van der Waals surface area contributed by atoms with Crippen LogP contribution in [0.3, 0.4) is 0 Å². The third kappa shape index (κ3) is 17.0. The Bertz CT molecular complexity index is 652. The molecule has 1 rings (SSSR count). The van der Waals surface area contributed by atoms with Gasteiger partial charge in [0.25, 0.3) is 0 Å². The summed E-state index contributed by atoms with van der Waals surface area (Å²) in [6.07, 6.45) is 7.79. The van der Waals surface area contributed by atoms with Gasteiger partial charge in [-0.15, -0.1) is 0 Å². The quantitative estimate of drug-likeness (QED) is 0.157. The maximum atomic E-state index is 11.9. The number of alkyl halides is 1. The van der Waals surface area contributed by atoms with Crippen molar-refractivity contribution in [2.45, 2.75) is 44.4 Å². The Labute approximate surface area is 187 Å². The van der Waals surface area contributed by atoms with Crippen molar-refractivity contribution < 1.29 is 8.42 Å². The minimum Gasteiger partial charge on any atom is -0.330 e. The summed E-state index contributed by atoms with van der Waals surface area (Å²) in [7, 11) is -3.12. The molecule has 0 heterocycles. The molecule has 3 nitrogen and oxygen atoms in total. The van der Waals surface area contributed by atoms with Crippen molar-refractivity contribution in [2.75, 3.05) is 17.2 Å². The van der Waals surface area contributed by atoms with Crippen LogP contribution in [0.25, 0.3) is 0 Å². The molecule has 0 aliphatic rings. The second-order valence-corrected chi connectivity index (χ2v) is 7.82. The van der Waals surface area contributed by atoms with Crippen molar-refractivity contribution in [3.8, 4) is 0 Å². The molecule has 160 valence electrons. The molecule has 0 amide bonds. The summed E-state index contributed by atoms with van der Waals surface area (Å²) in [6.45, 7) is 15.5. The molecule has 0 spiro atoms. The highest BCUT2D eigenvalue weighted by atomic mass is 127. The molecular formula is C23H38INO2S. The molecule has 0 unspecified atom stereocenters. The first kappa shape index (κ1) is 31.5. The van der Waals surface area contributed by atoms with Crippen molar-refractivity contribution >= 4 is 32.4 Å². The van der Waals surface area contributed by atoms with E-state index in [-0.39, 0.29) is 13.2 Å². The van der Waals surface area contributed by atoms with Gasteiger partial charge in [-0.3, -0.25) is 0 Å². The van der Waals surface area contributed by atoms with Crippen molar-refractivity contribution in [1.82, 2.24) is 0 Å². The summed E-state index contributed by atoms with van der Waals surface area (Å²) in [5.74, 6) is 0.196.